The third-order valence-corrected chi connectivity index (χ3v) is 6.96. The number of ketones is 1. The Labute approximate surface area is 147 Å². The molecule has 1 heterocycles. The van der Waals surface area contributed by atoms with Gasteiger partial charge in [-0.05, 0) is 24.3 Å². The first-order valence-electron chi connectivity index (χ1n) is 8.85. The second-order valence-electron chi connectivity index (χ2n) is 7.23. The van der Waals surface area contributed by atoms with Crippen LogP contribution in [0.15, 0.2) is 47.0 Å². The highest BCUT2D eigenvalue weighted by molar-refractivity contribution is 7.10. The van der Waals surface area contributed by atoms with Crippen LogP contribution in [0.1, 0.15) is 49.7 Å². The van der Waals surface area contributed by atoms with E-state index in [-0.39, 0.29) is 11.3 Å². The lowest BCUT2D eigenvalue weighted by molar-refractivity contribution is -0.120. The van der Waals surface area contributed by atoms with E-state index in [4.69, 9.17) is 0 Å². The molecule has 0 spiro atoms. The van der Waals surface area contributed by atoms with E-state index in [2.05, 4.69) is 50.0 Å². The molecule has 2 nitrogen and oxygen atoms in total. The van der Waals surface area contributed by atoms with Crippen molar-refractivity contribution < 1.29 is 4.79 Å². The first kappa shape index (κ1) is 15.8. The van der Waals surface area contributed by atoms with Gasteiger partial charge in [0, 0.05) is 22.8 Å². The van der Waals surface area contributed by atoms with Crippen LogP contribution in [-0.2, 0) is 16.6 Å². The van der Waals surface area contributed by atoms with Crippen molar-refractivity contribution in [3.8, 4) is 0 Å². The molecule has 0 N–H and O–H groups in total. The van der Waals surface area contributed by atoms with Crippen LogP contribution in [0.25, 0.3) is 0 Å². The summed E-state index contributed by atoms with van der Waals surface area (Å²) in [6.45, 7) is 6.58. The number of allylic oxidation sites excluding steroid dienone is 2. The predicted octanol–water partition coefficient (Wildman–Crippen LogP) is 4.94. The number of Topliss-reactive ketones (excluding diaryl/α,β-unsaturated/α-hetero) is 1. The maximum absolute atomic E-state index is 13.3. The average Bonchev–Trinajstić information content (AvgIpc) is 3.07. The second kappa shape index (κ2) is 5.66. The molecule has 24 heavy (non-hydrogen) atoms. The van der Waals surface area contributed by atoms with E-state index in [9.17, 15) is 4.79 Å². The van der Waals surface area contributed by atoms with Crippen LogP contribution in [0, 0.1) is 11.8 Å². The van der Waals surface area contributed by atoms with Gasteiger partial charge in [-0.25, -0.2) is 4.98 Å². The molecule has 0 bridgehead atoms. The van der Waals surface area contributed by atoms with Gasteiger partial charge in [0.2, 0.25) is 0 Å². The largest absolute Gasteiger partial charge is 0.294 e. The summed E-state index contributed by atoms with van der Waals surface area (Å²) in [4.78, 5) is 19.3. The van der Waals surface area contributed by atoms with Crippen molar-refractivity contribution in [2.45, 2.75) is 45.4 Å². The predicted molar refractivity (Wildman–Crippen MR) is 98.3 cm³/mol. The van der Waals surface area contributed by atoms with E-state index in [1.807, 2.05) is 11.6 Å². The Bertz CT molecular complexity index is 819. The smallest absolute Gasteiger partial charge is 0.162 e. The molecule has 2 aliphatic rings. The summed E-state index contributed by atoms with van der Waals surface area (Å²) in [6.07, 6.45) is 2.71. The molecule has 0 amide bonds. The van der Waals surface area contributed by atoms with Crippen molar-refractivity contribution in [3.63, 3.8) is 0 Å². The minimum absolute atomic E-state index is 0.114. The van der Waals surface area contributed by atoms with Gasteiger partial charge < -0.3 is 0 Å². The molecule has 3 heteroatoms. The van der Waals surface area contributed by atoms with Crippen LogP contribution in [0.3, 0.4) is 0 Å². The van der Waals surface area contributed by atoms with Crippen LogP contribution in [-0.4, -0.2) is 10.8 Å². The molecule has 124 valence electrons. The van der Waals surface area contributed by atoms with E-state index in [1.165, 1.54) is 21.7 Å². The Balaban J connectivity index is 2.07. The van der Waals surface area contributed by atoms with Crippen LogP contribution in [0.4, 0.5) is 0 Å². The molecule has 4 rings (SSSR count). The Hall–Kier alpha value is -1.74. The summed E-state index contributed by atoms with van der Waals surface area (Å²) >= 11 is 1.71. The Kier molecular flexibility index (Phi) is 3.72. The summed E-state index contributed by atoms with van der Waals surface area (Å²) in [7, 11) is 0. The SMILES string of the molecule is CC[C@]1(c2ccccc2)C2=C(Cc3ncsc31)[C@H](C)C[C@@H](C)C2=O. The first-order chi connectivity index (χ1) is 11.6. The Morgan fingerprint density at radius 3 is 2.67 bits per heavy atom. The molecule has 2 aromatic rings. The molecular formula is C21H23NOS. The van der Waals surface area contributed by atoms with Gasteiger partial charge in [-0.15, -0.1) is 11.3 Å². The number of carbonyl (C=O) groups is 1. The number of benzene rings is 1. The van der Waals surface area contributed by atoms with Gasteiger partial charge >= 0.3 is 0 Å². The lowest BCUT2D eigenvalue weighted by Crippen LogP contribution is -2.42. The maximum Gasteiger partial charge on any atom is 0.162 e. The van der Waals surface area contributed by atoms with Crippen molar-refractivity contribution in [1.82, 2.24) is 4.98 Å². The molecular weight excluding hydrogens is 314 g/mol. The van der Waals surface area contributed by atoms with E-state index >= 15 is 0 Å². The van der Waals surface area contributed by atoms with Crippen LogP contribution >= 0.6 is 11.3 Å². The molecule has 0 radical (unpaired) electrons. The topological polar surface area (TPSA) is 30.0 Å². The van der Waals surface area contributed by atoms with Gasteiger partial charge in [0.1, 0.15) is 0 Å². The normalized spacial score (nSPS) is 29.4. The first-order valence-corrected chi connectivity index (χ1v) is 9.73. The highest BCUT2D eigenvalue weighted by atomic mass is 32.1. The zero-order valence-electron chi connectivity index (χ0n) is 14.5. The molecule has 0 saturated carbocycles. The van der Waals surface area contributed by atoms with E-state index in [1.54, 1.807) is 11.3 Å². The number of nitrogens with zero attached hydrogens (tertiary/aromatic N) is 1. The highest BCUT2D eigenvalue weighted by Crippen LogP contribution is 2.54. The number of thiazole rings is 1. The fraction of sp³-hybridized carbons (Fsp3) is 0.429. The van der Waals surface area contributed by atoms with Gasteiger partial charge in [0.25, 0.3) is 0 Å². The van der Waals surface area contributed by atoms with Crippen molar-refractivity contribution >= 4 is 17.1 Å². The number of fused-ring (bicyclic) bond motifs is 1. The van der Waals surface area contributed by atoms with Crippen LogP contribution < -0.4 is 0 Å². The summed E-state index contributed by atoms with van der Waals surface area (Å²) in [6, 6.07) is 10.6. The minimum atomic E-state index is -0.314. The van der Waals surface area contributed by atoms with Crippen LogP contribution in [0.2, 0.25) is 0 Å². The lowest BCUT2D eigenvalue weighted by atomic mass is 9.59. The maximum atomic E-state index is 13.3. The molecule has 2 aliphatic carbocycles. The molecule has 3 atom stereocenters. The van der Waals surface area contributed by atoms with Crippen molar-refractivity contribution in [2.75, 3.05) is 0 Å². The van der Waals surface area contributed by atoms with Gasteiger partial charge in [0.15, 0.2) is 5.78 Å². The quantitative estimate of drug-likeness (QED) is 0.777. The van der Waals surface area contributed by atoms with E-state index in [0.29, 0.717) is 11.7 Å². The number of aromatic nitrogens is 1. The molecule has 0 unspecified atom stereocenters. The molecule has 1 aromatic heterocycles. The van der Waals surface area contributed by atoms with Crippen molar-refractivity contribution in [3.05, 3.63) is 63.1 Å². The lowest BCUT2D eigenvalue weighted by Gasteiger charge is -2.44. The monoisotopic (exact) mass is 337 g/mol. The fourth-order valence-electron chi connectivity index (χ4n) is 4.75. The van der Waals surface area contributed by atoms with Gasteiger partial charge in [-0.2, -0.15) is 0 Å². The Morgan fingerprint density at radius 2 is 1.96 bits per heavy atom. The average molecular weight is 337 g/mol. The summed E-state index contributed by atoms with van der Waals surface area (Å²) in [5.74, 6) is 0.924. The van der Waals surface area contributed by atoms with Crippen molar-refractivity contribution in [1.29, 1.82) is 0 Å². The van der Waals surface area contributed by atoms with E-state index in [0.717, 1.165) is 24.8 Å². The number of rotatable bonds is 2. The standard InChI is InChI=1S/C21H23NOS/c1-4-21(15-8-6-5-7-9-15)18-16(11-17-20(21)24-12-22-17)13(2)10-14(3)19(18)23/h5-9,12-14H,4,10-11H2,1-3H3/t13-,14-,21+/m1/s1. The Morgan fingerprint density at radius 1 is 1.21 bits per heavy atom. The van der Waals surface area contributed by atoms with Gasteiger partial charge in [0.05, 0.1) is 16.6 Å². The van der Waals surface area contributed by atoms with Gasteiger partial charge in [-0.1, -0.05) is 56.7 Å². The molecule has 0 aliphatic heterocycles. The molecule has 0 fully saturated rings. The third kappa shape index (κ3) is 2.00. The molecule has 0 saturated heterocycles. The fourth-order valence-corrected chi connectivity index (χ4v) is 5.87. The number of carbonyl (C=O) groups excluding carboxylic acids is 1. The third-order valence-electron chi connectivity index (χ3n) is 5.93. The van der Waals surface area contributed by atoms with Crippen LogP contribution in [0.5, 0.6) is 0 Å². The summed E-state index contributed by atoms with van der Waals surface area (Å²) < 4.78 is 0. The highest BCUT2D eigenvalue weighted by Gasteiger charge is 2.50. The summed E-state index contributed by atoms with van der Waals surface area (Å²) in [5.41, 5.74) is 6.47. The van der Waals surface area contributed by atoms with Gasteiger partial charge in [-0.3, -0.25) is 4.79 Å². The van der Waals surface area contributed by atoms with E-state index < -0.39 is 0 Å². The minimum Gasteiger partial charge on any atom is -0.294 e. The number of hydrogen-bond acceptors (Lipinski definition) is 3. The van der Waals surface area contributed by atoms with Crippen molar-refractivity contribution in [2.24, 2.45) is 11.8 Å². The molecule has 1 aromatic carbocycles. The number of hydrogen-bond donors (Lipinski definition) is 0. The zero-order chi connectivity index (χ0) is 16.9. The second-order valence-corrected chi connectivity index (χ2v) is 8.09. The summed E-state index contributed by atoms with van der Waals surface area (Å²) in [5, 5.41) is 0. The zero-order valence-corrected chi connectivity index (χ0v) is 15.3.